The van der Waals surface area contributed by atoms with E-state index in [1.807, 2.05) is 0 Å². The van der Waals surface area contributed by atoms with E-state index in [-0.39, 0.29) is 11.7 Å². The van der Waals surface area contributed by atoms with E-state index in [2.05, 4.69) is 20.1 Å². The fourth-order valence-electron chi connectivity index (χ4n) is 0.554. The van der Waals surface area contributed by atoms with Crippen molar-refractivity contribution in [1.29, 1.82) is 0 Å². The first kappa shape index (κ1) is 8.60. The van der Waals surface area contributed by atoms with Crippen LogP contribution < -0.4 is 16.0 Å². The highest BCUT2D eigenvalue weighted by Gasteiger charge is 2.04. The standard InChI is InChI=1S/C5H6F2N4O/c6-4(7)12-3-1-9-5(11-8)10-2-3/h1-2,4H,8H2,(H,9,10,11). The Hall–Kier alpha value is -1.50. The summed E-state index contributed by atoms with van der Waals surface area (Å²) in [5.41, 5.74) is 2.14. The Kier molecular flexibility index (Phi) is 2.70. The van der Waals surface area contributed by atoms with Crippen LogP contribution >= 0.6 is 0 Å². The minimum absolute atomic E-state index is 0.107. The van der Waals surface area contributed by atoms with Gasteiger partial charge in [-0.2, -0.15) is 8.78 Å². The van der Waals surface area contributed by atoms with Gasteiger partial charge in [-0.3, -0.25) is 5.43 Å². The van der Waals surface area contributed by atoms with E-state index < -0.39 is 6.61 Å². The molecule has 1 rings (SSSR count). The van der Waals surface area contributed by atoms with Crippen molar-refractivity contribution in [2.45, 2.75) is 6.61 Å². The van der Waals surface area contributed by atoms with Gasteiger partial charge in [-0.1, -0.05) is 0 Å². The molecule has 0 aliphatic heterocycles. The van der Waals surface area contributed by atoms with Crippen LogP contribution in [0.5, 0.6) is 5.75 Å². The lowest BCUT2D eigenvalue weighted by molar-refractivity contribution is -0.0503. The van der Waals surface area contributed by atoms with Gasteiger partial charge in [0.15, 0.2) is 5.75 Å². The number of hydrogen-bond acceptors (Lipinski definition) is 5. The first-order valence-corrected chi connectivity index (χ1v) is 2.96. The molecule has 0 saturated carbocycles. The SMILES string of the molecule is NNc1ncc(OC(F)F)cn1. The van der Waals surface area contributed by atoms with Crippen molar-refractivity contribution in [1.82, 2.24) is 9.97 Å². The number of nitrogens with zero attached hydrogens (tertiary/aromatic N) is 2. The van der Waals surface area contributed by atoms with Crippen LogP contribution in [0.25, 0.3) is 0 Å². The van der Waals surface area contributed by atoms with E-state index >= 15 is 0 Å². The molecule has 0 amide bonds. The highest BCUT2D eigenvalue weighted by Crippen LogP contribution is 2.10. The van der Waals surface area contributed by atoms with Gasteiger partial charge >= 0.3 is 6.61 Å². The molecule has 0 spiro atoms. The monoisotopic (exact) mass is 176 g/mol. The molecule has 0 unspecified atom stereocenters. The summed E-state index contributed by atoms with van der Waals surface area (Å²) in [7, 11) is 0. The molecule has 66 valence electrons. The molecular formula is C5H6F2N4O. The van der Waals surface area contributed by atoms with Crippen LogP contribution in [0, 0.1) is 0 Å². The predicted molar refractivity (Wildman–Crippen MR) is 36.5 cm³/mol. The molecule has 0 bridgehead atoms. The van der Waals surface area contributed by atoms with Crippen molar-refractivity contribution < 1.29 is 13.5 Å². The van der Waals surface area contributed by atoms with Crippen molar-refractivity contribution in [3.05, 3.63) is 12.4 Å². The number of halogens is 2. The zero-order valence-corrected chi connectivity index (χ0v) is 5.87. The molecule has 1 aromatic heterocycles. The number of ether oxygens (including phenoxy) is 1. The molecule has 5 nitrogen and oxygen atoms in total. The predicted octanol–water partition coefficient (Wildman–Crippen LogP) is 0.364. The second kappa shape index (κ2) is 3.77. The molecule has 0 fully saturated rings. The van der Waals surface area contributed by atoms with E-state index in [0.717, 1.165) is 12.4 Å². The number of nitrogens with one attached hydrogen (secondary N) is 1. The first-order valence-electron chi connectivity index (χ1n) is 2.96. The topological polar surface area (TPSA) is 73.1 Å². The van der Waals surface area contributed by atoms with Crippen molar-refractivity contribution in [3.63, 3.8) is 0 Å². The van der Waals surface area contributed by atoms with E-state index in [4.69, 9.17) is 5.84 Å². The van der Waals surface area contributed by atoms with Crippen LogP contribution in [0.2, 0.25) is 0 Å². The van der Waals surface area contributed by atoms with Gasteiger partial charge in [0.25, 0.3) is 0 Å². The van der Waals surface area contributed by atoms with Gasteiger partial charge in [-0.05, 0) is 0 Å². The normalized spacial score (nSPS) is 10.0. The molecule has 1 heterocycles. The fraction of sp³-hybridized carbons (Fsp3) is 0.200. The molecule has 7 heteroatoms. The maximum absolute atomic E-state index is 11.6. The molecule has 12 heavy (non-hydrogen) atoms. The summed E-state index contributed by atoms with van der Waals surface area (Å²) in [6, 6.07) is 0. The van der Waals surface area contributed by atoms with Gasteiger partial charge in [0.05, 0.1) is 12.4 Å². The number of nitrogens with two attached hydrogens (primary N) is 1. The average molecular weight is 176 g/mol. The number of aromatic nitrogens is 2. The highest BCUT2D eigenvalue weighted by molar-refractivity contribution is 5.24. The van der Waals surface area contributed by atoms with E-state index in [1.54, 1.807) is 0 Å². The average Bonchev–Trinajstić information content (AvgIpc) is 2.05. The van der Waals surface area contributed by atoms with Crippen molar-refractivity contribution >= 4 is 5.95 Å². The van der Waals surface area contributed by atoms with Crippen LogP contribution in [0.15, 0.2) is 12.4 Å². The number of hydrogen-bond donors (Lipinski definition) is 2. The number of hydrazine groups is 1. The highest BCUT2D eigenvalue weighted by atomic mass is 19.3. The minimum Gasteiger partial charge on any atom is -0.432 e. The number of nitrogen functional groups attached to an aromatic ring is 1. The zero-order valence-electron chi connectivity index (χ0n) is 5.87. The Morgan fingerprint density at radius 2 is 2.00 bits per heavy atom. The molecule has 0 aliphatic carbocycles. The van der Waals surface area contributed by atoms with E-state index in [1.165, 1.54) is 0 Å². The maximum Gasteiger partial charge on any atom is 0.387 e. The van der Waals surface area contributed by atoms with Gasteiger partial charge in [0.1, 0.15) is 0 Å². The van der Waals surface area contributed by atoms with E-state index in [9.17, 15) is 8.78 Å². The summed E-state index contributed by atoms with van der Waals surface area (Å²) in [6.07, 6.45) is 2.18. The summed E-state index contributed by atoms with van der Waals surface area (Å²) in [4.78, 5) is 7.09. The van der Waals surface area contributed by atoms with Crippen LogP contribution in [-0.2, 0) is 0 Å². The summed E-state index contributed by atoms with van der Waals surface area (Å²) in [5.74, 6) is 4.97. The van der Waals surface area contributed by atoms with Crippen LogP contribution in [0.1, 0.15) is 0 Å². The quantitative estimate of drug-likeness (QED) is 0.514. The third-order valence-corrected chi connectivity index (χ3v) is 0.982. The lowest BCUT2D eigenvalue weighted by atomic mass is 10.6. The summed E-state index contributed by atoms with van der Waals surface area (Å²) in [6.45, 7) is -2.87. The smallest absolute Gasteiger partial charge is 0.387 e. The summed E-state index contributed by atoms with van der Waals surface area (Å²) in [5, 5.41) is 0. The Morgan fingerprint density at radius 3 is 2.42 bits per heavy atom. The molecule has 0 aromatic carbocycles. The molecule has 0 saturated heterocycles. The Morgan fingerprint density at radius 1 is 1.42 bits per heavy atom. The van der Waals surface area contributed by atoms with Crippen molar-refractivity contribution in [2.24, 2.45) is 5.84 Å². The van der Waals surface area contributed by atoms with E-state index in [0.29, 0.717) is 0 Å². The molecule has 0 aliphatic rings. The summed E-state index contributed by atoms with van der Waals surface area (Å²) < 4.78 is 27.2. The van der Waals surface area contributed by atoms with Crippen molar-refractivity contribution in [3.8, 4) is 5.75 Å². The first-order chi connectivity index (χ1) is 5.72. The lowest BCUT2D eigenvalue weighted by Crippen LogP contribution is -2.10. The second-order valence-corrected chi connectivity index (χ2v) is 1.77. The fourth-order valence-corrected chi connectivity index (χ4v) is 0.554. The van der Waals surface area contributed by atoms with Crippen LogP contribution in [-0.4, -0.2) is 16.6 Å². The maximum atomic E-state index is 11.6. The van der Waals surface area contributed by atoms with Gasteiger partial charge < -0.3 is 4.74 Å². The van der Waals surface area contributed by atoms with Crippen LogP contribution in [0.3, 0.4) is 0 Å². The van der Waals surface area contributed by atoms with Gasteiger partial charge in [0, 0.05) is 0 Å². The lowest BCUT2D eigenvalue weighted by Gasteiger charge is -2.02. The summed E-state index contributed by atoms with van der Waals surface area (Å²) >= 11 is 0. The minimum atomic E-state index is -2.87. The van der Waals surface area contributed by atoms with Gasteiger partial charge in [0.2, 0.25) is 5.95 Å². The van der Waals surface area contributed by atoms with Crippen molar-refractivity contribution in [2.75, 3.05) is 5.43 Å². The largest absolute Gasteiger partial charge is 0.432 e. The third kappa shape index (κ3) is 2.27. The second-order valence-electron chi connectivity index (χ2n) is 1.77. The Balaban J connectivity index is 2.65. The van der Waals surface area contributed by atoms with Crippen LogP contribution in [0.4, 0.5) is 14.7 Å². The number of rotatable bonds is 3. The number of anilines is 1. The molecule has 0 atom stereocenters. The van der Waals surface area contributed by atoms with Gasteiger partial charge in [-0.15, -0.1) is 0 Å². The molecule has 3 N–H and O–H groups in total. The molecule has 1 aromatic rings. The Bertz CT molecular complexity index is 240. The zero-order chi connectivity index (χ0) is 8.97. The Labute approximate surface area is 66.5 Å². The number of alkyl halides is 2. The molecular weight excluding hydrogens is 170 g/mol. The molecule has 0 radical (unpaired) electrons. The third-order valence-electron chi connectivity index (χ3n) is 0.982. The van der Waals surface area contributed by atoms with Gasteiger partial charge in [-0.25, -0.2) is 15.8 Å².